The lowest BCUT2D eigenvalue weighted by atomic mass is 9.91. The Morgan fingerprint density at radius 2 is 2.11 bits per heavy atom. The first-order valence-electron chi connectivity index (χ1n) is 6.55. The van der Waals surface area contributed by atoms with Crippen LogP contribution in [0.15, 0.2) is 30.6 Å². The third-order valence-electron chi connectivity index (χ3n) is 3.59. The minimum Gasteiger partial charge on any atom is -0.367 e. The SMILES string of the molecule is NC1CCCC(Nc2nccc3ncccc23)C1. The van der Waals surface area contributed by atoms with Gasteiger partial charge in [0.15, 0.2) is 0 Å². The van der Waals surface area contributed by atoms with Crippen molar-refractivity contribution in [3.8, 4) is 0 Å². The van der Waals surface area contributed by atoms with E-state index < -0.39 is 0 Å². The molecule has 0 radical (unpaired) electrons. The second-order valence-corrected chi connectivity index (χ2v) is 5.00. The number of nitrogens with one attached hydrogen (secondary N) is 1. The van der Waals surface area contributed by atoms with Crippen molar-refractivity contribution in [3.63, 3.8) is 0 Å². The van der Waals surface area contributed by atoms with E-state index in [0.29, 0.717) is 12.1 Å². The monoisotopic (exact) mass is 242 g/mol. The standard InChI is InChI=1S/C14H18N4/c15-10-3-1-4-11(9-10)18-14-12-5-2-7-16-13(12)6-8-17-14/h2,5-8,10-11H,1,3-4,9,15H2,(H,17,18). The number of nitrogens with zero attached hydrogens (tertiary/aromatic N) is 2. The van der Waals surface area contributed by atoms with Crippen molar-refractivity contribution < 1.29 is 0 Å². The van der Waals surface area contributed by atoms with Gasteiger partial charge in [-0.05, 0) is 43.9 Å². The molecule has 2 aromatic rings. The normalized spacial score (nSPS) is 24.1. The lowest BCUT2D eigenvalue weighted by molar-refractivity contribution is 0.409. The van der Waals surface area contributed by atoms with Crippen LogP contribution in [-0.2, 0) is 0 Å². The quantitative estimate of drug-likeness (QED) is 0.848. The molecule has 2 atom stereocenters. The summed E-state index contributed by atoms with van der Waals surface area (Å²) >= 11 is 0. The lowest BCUT2D eigenvalue weighted by Gasteiger charge is -2.28. The van der Waals surface area contributed by atoms with E-state index in [-0.39, 0.29) is 0 Å². The molecule has 1 saturated carbocycles. The maximum atomic E-state index is 6.02. The zero-order chi connectivity index (χ0) is 12.4. The van der Waals surface area contributed by atoms with Gasteiger partial charge in [-0.2, -0.15) is 0 Å². The van der Waals surface area contributed by atoms with Crippen molar-refractivity contribution in [1.82, 2.24) is 9.97 Å². The van der Waals surface area contributed by atoms with Crippen LogP contribution < -0.4 is 11.1 Å². The molecule has 94 valence electrons. The molecule has 0 bridgehead atoms. The van der Waals surface area contributed by atoms with Crippen LogP contribution in [0.2, 0.25) is 0 Å². The molecule has 0 aliphatic heterocycles. The summed E-state index contributed by atoms with van der Waals surface area (Å²) in [6.07, 6.45) is 8.15. The van der Waals surface area contributed by atoms with Gasteiger partial charge in [0.1, 0.15) is 5.82 Å². The molecule has 2 unspecified atom stereocenters. The van der Waals surface area contributed by atoms with E-state index in [9.17, 15) is 0 Å². The Bertz CT molecular complexity index is 535. The van der Waals surface area contributed by atoms with Crippen LogP contribution in [0, 0.1) is 0 Å². The van der Waals surface area contributed by atoms with E-state index in [2.05, 4.69) is 21.4 Å². The molecule has 0 spiro atoms. The largest absolute Gasteiger partial charge is 0.367 e. The molecule has 1 aliphatic rings. The van der Waals surface area contributed by atoms with Gasteiger partial charge in [-0.15, -0.1) is 0 Å². The van der Waals surface area contributed by atoms with Crippen LogP contribution in [0.4, 0.5) is 5.82 Å². The second kappa shape index (κ2) is 4.90. The molecule has 1 fully saturated rings. The zero-order valence-electron chi connectivity index (χ0n) is 10.3. The third-order valence-corrected chi connectivity index (χ3v) is 3.59. The highest BCUT2D eigenvalue weighted by Gasteiger charge is 2.19. The van der Waals surface area contributed by atoms with E-state index in [1.807, 2.05) is 18.3 Å². The summed E-state index contributed by atoms with van der Waals surface area (Å²) in [4.78, 5) is 8.78. The third kappa shape index (κ3) is 2.29. The van der Waals surface area contributed by atoms with Crippen molar-refractivity contribution >= 4 is 16.7 Å². The predicted molar refractivity (Wildman–Crippen MR) is 73.4 cm³/mol. The van der Waals surface area contributed by atoms with Crippen LogP contribution in [-0.4, -0.2) is 22.1 Å². The van der Waals surface area contributed by atoms with Gasteiger partial charge in [-0.1, -0.05) is 0 Å². The Hall–Kier alpha value is -1.68. The number of rotatable bonds is 2. The van der Waals surface area contributed by atoms with E-state index >= 15 is 0 Å². The van der Waals surface area contributed by atoms with Gasteiger partial charge in [-0.3, -0.25) is 4.98 Å². The molecule has 18 heavy (non-hydrogen) atoms. The van der Waals surface area contributed by atoms with Crippen molar-refractivity contribution in [2.45, 2.75) is 37.8 Å². The first kappa shape index (κ1) is 11.4. The molecule has 4 nitrogen and oxygen atoms in total. The van der Waals surface area contributed by atoms with Crippen molar-refractivity contribution in [2.75, 3.05) is 5.32 Å². The van der Waals surface area contributed by atoms with Crippen molar-refractivity contribution in [1.29, 1.82) is 0 Å². The van der Waals surface area contributed by atoms with E-state index in [4.69, 9.17) is 5.73 Å². The minimum absolute atomic E-state index is 0.323. The zero-order valence-corrected chi connectivity index (χ0v) is 10.3. The van der Waals surface area contributed by atoms with Crippen molar-refractivity contribution in [2.24, 2.45) is 5.73 Å². The lowest BCUT2D eigenvalue weighted by Crippen LogP contribution is -2.35. The fourth-order valence-electron chi connectivity index (χ4n) is 2.67. The molecule has 2 heterocycles. The smallest absolute Gasteiger partial charge is 0.135 e. The second-order valence-electron chi connectivity index (χ2n) is 5.00. The fourth-order valence-corrected chi connectivity index (χ4v) is 2.67. The molecule has 0 saturated heterocycles. The Balaban J connectivity index is 1.86. The predicted octanol–water partition coefficient (Wildman–Crippen LogP) is 2.31. The van der Waals surface area contributed by atoms with Gasteiger partial charge in [0.25, 0.3) is 0 Å². The van der Waals surface area contributed by atoms with Gasteiger partial charge in [0.2, 0.25) is 0 Å². The molecule has 0 aromatic carbocycles. The Labute approximate surface area is 107 Å². The number of fused-ring (bicyclic) bond motifs is 1. The van der Waals surface area contributed by atoms with Crippen LogP contribution in [0.5, 0.6) is 0 Å². The number of hydrogen-bond acceptors (Lipinski definition) is 4. The number of pyridine rings is 2. The van der Waals surface area contributed by atoms with Gasteiger partial charge < -0.3 is 11.1 Å². The van der Waals surface area contributed by atoms with Gasteiger partial charge in [0.05, 0.1) is 5.52 Å². The Morgan fingerprint density at radius 3 is 3.00 bits per heavy atom. The first-order chi connectivity index (χ1) is 8.83. The maximum Gasteiger partial charge on any atom is 0.135 e. The molecular weight excluding hydrogens is 224 g/mol. The molecule has 2 aromatic heterocycles. The highest BCUT2D eigenvalue weighted by Crippen LogP contribution is 2.24. The number of nitrogens with two attached hydrogens (primary N) is 1. The van der Waals surface area contributed by atoms with Gasteiger partial charge >= 0.3 is 0 Å². The average Bonchev–Trinajstić information content (AvgIpc) is 2.39. The summed E-state index contributed by atoms with van der Waals surface area (Å²) in [5.74, 6) is 0.930. The van der Waals surface area contributed by atoms with Crippen molar-refractivity contribution in [3.05, 3.63) is 30.6 Å². The Morgan fingerprint density at radius 1 is 1.17 bits per heavy atom. The Kier molecular flexibility index (Phi) is 3.11. The summed E-state index contributed by atoms with van der Waals surface area (Å²) in [5.41, 5.74) is 7.00. The minimum atomic E-state index is 0.323. The summed E-state index contributed by atoms with van der Waals surface area (Å²) in [6.45, 7) is 0. The summed E-state index contributed by atoms with van der Waals surface area (Å²) < 4.78 is 0. The molecule has 3 rings (SSSR count). The van der Waals surface area contributed by atoms with Crippen LogP contribution >= 0.6 is 0 Å². The summed E-state index contributed by atoms with van der Waals surface area (Å²) in [6, 6.07) is 6.70. The van der Waals surface area contributed by atoms with Crippen LogP contribution in [0.1, 0.15) is 25.7 Å². The maximum absolute atomic E-state index is 6.02. The highest BCUT2D eigenvalue weighted by molar-refractivity contribution is 5.88. The summed E-state index contributed by atoms with van der Waals surface area (Å²) in [5, 5.41) is 4.61. The van der Waals surface area contributed by atoms with Gasteiger partial charge in [-0.25, -0.2) is 4.98 Å². The number of anilines is 1. The fraction of sp³-hybridized carbons (Fsp3) is 0.429. The van der Waals surface area contributed by atoms with E-state index in [1.54, 1.807) is 6.20 Å². The average molecular weight is 242 g/mol. The van der Waals surface area contributed by atoms with Crippen LogP contribution in [0.25, 0.3) is 10.9 Å². The first-order valence-corrected chi connectivity index (χ1v) is 6.55. The molecule has 0 amide bonds. The molecular formula is C14H18N4. The summed E-state index contributed by atoms with van der Waals surface area (Å²) in [7, 11) is 0. The van der Waals surface area contributed by atoms with E-state index in [0.717, 1.165) is 29.6 Å². The molecule has 4 heteroatoms. The number of hydrogen-bond donors (Lipinski definition) is 2. The van der Waals surface area contributed by atoms with Gasteiger partial charge in [0, 0.05) is 29.9 Å². The topological polar surface area (TPSA) is 63.8 Å². The molecule has 1 aliphatic carbocycles. The highest BCUT2D eigenvalue weighted by atomic mass is 15.0. The van der Waals surface area contributed by atoms with Crippen LogP contribution in [0.3, 0.4) is 0 Å². The van der Waals surface area contributed by atoms with E-state index in [1.165, 1.54) is 12.8 Å². The number of aromatic nitrogens is 2. The molecule has 3 N–H and O–H groups in total.